The molecule has 1 unspecified atom stereocenters. The summed E-state index contributed by atoms with van der Waals surface area (Å²) in [7, 11) is 4.68. The van der Waals surface area contributed by atoms with Crippen molar-refractivity contribution in [1.29, 1.82) is 0 Å². The molecular weight excluding hydrogens is 274 g/mol. The quantitative estimate of drug-likeness (QED) is 0.776. The van der Waals surface area contributed by atoms with Gasteiger partial charge in [0.2, 0.25) is 5.91 Å². The van der Waals surface area contributed by atoms with E-state index in [0.29, 0.717) is 24.5 Å². The van der Waals surface area contributed by atoms with Crippen LogP contribution in [0.15, 0.2) is 12.1 Å². The van der Waals surface area contributed by atoms with E-state index in [0.717, 1.165) is 0 Å². The summed E-state index contributed by atoms with van der Waals surface area (Å²) < 4.78 is 10.3. The van der Waals surface area contributed by atoms with E-state index in [1.165, 1.54) is 26.4 Å². The second kappa shape index (κ2) is 5.90. The number of nitrogens with one attached hydrogen (secondary N) is 1. The van der Waals surface area contributed by atoms with E-state index >= 15 is 0 Å². The molecule has 0 radical (unpaired) electrons. The minimum Gasteiger partial charge on any atom is -0.493 e. The molecule has 1 aromatic rings. The number of hydrogen-bond acceptors (Lipinski definition) is 5. The van der Waals surface area contributed by atoms with Crippen LogP contribution in [-0.4, -0.2) is 50.6 Å². The first kappa shape index (κ1) is 15.0. The molecule has 0 saturated carbocycles. The fraction of sp³-hybridized carbons (Fsp3) is 0.429. The van der Waals surface area contributed by atoms with E-state index in [-0.39, 0.29) is 17.2 Å². The second-order valence-corrected chi connectivity index (χ2v) is 4.87. The van der Waals surface area contributed by atoms with Gasteiger partial charge < -0.3 is 25.4 Å². The van der Waals surface area contributed by atoms with Crippen molar-refractivity contribution in [2.75, 3.05) is 33.5 Å². The van der Waals surface area contributed by atoms with Crippen LogP contribution in [0.1, 0.15) is 16.8 Å². The summed E-state index contributed by atoms with van der Waals surface area (Å²) in [5, 5.41) is 2.70. The summed E-state index contributed by atoms with van der Waals surface area (Å²) in [5.41, 5.74) is 6.39. The Morgan fingerprint density at radius 1 is 1.33 bits per heavy atom. The summed E-state index contributed by atoms with van der Waals surface area (Å²) >= 11 is 0. The zero-order chi connectivity index (χ0) is 15.6. The number of amides is 2. The number of likely N-dealkylation sites (tertiary alicyclic amines) is 1. The van der Waals surface area contributed by atoms with Gasteiger partial charge in [0.15, 0.2) is 11.5 Å². The highest BCUT2D eigenvalue weighted by Gasteiger charge is 2.31. The molecule has 7 heteroatoms. The van der Waals surface area contributed by atoms with Crippen molar-refractivity contribution < 1.29 is 19.1 Å². The lowest BCUT2D eigenvalue weighted by molar-refractivity contribution is -0.128. The molecule has 1 heterocycles. The Hall–Kier alpha value is -2.44. The molecule has 1 atom stereocenters. The lowest BCUT2D eigenvalue weighted by Gasteiger charge is -2.15. The van der Waals surface area contributed by atoms with E-state index in [2.05, 4.69) is 5.32 Å². The molecule has 2 amide bonds. The minimum absolute atomic E-state index is 0.0950. The van der Waals surface area contributed by atoms with Crippen LogP contribution in [-0.2, 0) is 4.79 Å². The third-order valence-corrected chi connectivity index (χ3v) is 3.53. The van der Waals surface area contributed by atoms with Gasteiger partial charge in [-0.05, 0) is 12.5 Å². The summed E-state index contributed by atoms with van der Waals surface area (Å²) in [6, 6.07) is 2.53. The molecule has 1 aromatic carbocycles. The van der Waals surface area contributed by atoms with Gasteiger partial charge in [-0.25, -0.2) is 0 Å². The Morgan fingerprint density at radius 3 is 2.48 bits per heavy atom. The van der Waals surface area contributed by atoms with E-state index in [9.17, 15) is 9.59 Å². The van der Waals surface area contributed by atoms with Gasteiger partial charge in [0.1, 0.15) is 6.04 Å². The highest BCUT2D eigenvalue weighted by Crippen LogP contribution is 2.32. The van der Waals surface area contributed by atoms with Crippen LogP contribution in [0.2, 0.25) is 0 Å². The van der Waals surface area contributed by atoms with Crippen molar-refractivity contribution in [3.63, 3.8) is 0 Å². The number of nitrogens with two attached hydrogens (primary N) is 1. The van der Waals surface area contributed by atoms with Crippen LogP contribution in [0.25, 0.3) is 0 Å². The Balaban J connectivity index is 2.21. The number of nitrogens with zero attached hydrogens (tertiary/aromatic N) is 1. The number of nitrogen functional groups attached to an aromatic ring is 1. The molecule has 2 rings (SSSR count). The Labute approximate surface area is 123 Å². The highest BCUT2D eigenvalue weighted by atomic mass is 16.5. The predicted octanol–water partition coefficient (Wildman–Crippen LogP) is 0.247. The highest BCUT2D eigenvalue weighted by molar-refractivity contribution is 6.02. The van der Waals surface area contributed by atoms with Gasteiger partial charge in [-0.1, -0.05) is 0 Å². The number of carbonyl (C=O) groups is 2. The molecule has 0 bridgehead atoms. The normalized spacial score (nSPS) is 17.8. The standard InChI is InChI=1S/C14H19N3O4/c1-17-5-4-10(14(17)19)16-13(18)8-6-11(20-2)12(21-3)7-9(8)15/h6-7,10H,4-5,15H2,1-3H3,(H,16,18). The van der Waals surface area contributed by atoms with Crippen molar-refractivity contribution >= 4 is 17.5 Å². The second-order valence-electron chi connectivity index (χ2n) is 4.87. The number of ether oxygens (including phenoxy) is 2. The van der Waals surface area contributed by atoms with Crippen LogP contribution in [0.3, 0.4) is 0 Å². The molecule has 1 aliphatic rings. The predicted molar refractivity (Wildman–Crippen MR) is 77.5 cm³/mol. The third kappa shape index (κ3) is 2.86. The molecular formula is C14H19N3O4. The van der Waals surface area contributed by atoms with Crippen molar-refractivity contribution in [2.45, 2.75) is 12.5 Å². The van der Waals surface area contributed by atoms with Gasteiger partial charge in [-0.15, -0.1) is 0 Å². The fourth-order valence-corrected chi connectivity index (χ4v) is 2.28. The van der Waals surface area contributed by atoms with Crippen LogP contribution in [0.4, 0.5) is 5.69 Å². The number of likely N-dealkylation sites (N-methyl/N-ethyl adjacent to an activating group) is 1. The van der Waals surface area contributed by atoms with E-state index in [1.807, 2.05) is 0 Å². The van der Waals surface area contributed by atoms with Crippen LogP contribution in [0, 0.1) is 0 Å². The maximum atomic E-state index is 12.3. The molecule has 0 spiro atoms. The Kier molecular flexibility index (Phi) is 4.21. The monoisotopic (exact) mass is 293 g/mol. The average Bonchev–Trinajstić information content (AvgIpc) is 2.78. The minimum atomic E-state index is -0.505. The molecule has 1 saturated heterocycles. The zero-order valence-corrected chi connectivity index (χ0v) is 12.3. The number of anilines is 1. The van der Waals surface area contributed by atoms with Gasteiger partial charge in [0, 0.05) is 25.3 Å². The maximum absolute atomic E-state index is 12.3. The van der Waals surface area contributed by atoms with Crippen LogP contribution < -0.4 is 20.5 Å². The van der Waals surface area contributed by atoms with E-state index in [1.54, 1.807) is 11.9 Å². The van der Waals surface area contributed by atoms with Crippen LogP contribution in [0.5, 0.6) is 11.5 Å². The molecule has 0 aliphatic carbocycles. The molecule has 3 N–H and O–H groups in total. The first-order valence-electron chi connectivity index (χ1n) is 6.55. The molecule has 7 nitrogen and oxygen atoms in total. The largest absolute Gasteiger partial charge is 0.493 e. The molecule has 1 fully saturated rings. The Morgan fingerprint density at radius 2 is 1.95 bits per heavy atom. The molecule has 114 valence electrons. The zero-order valence-electron chi connectivity index (χ0n) is 12.3. The maximum Gasteiger partial charge on any atom is 0.254 e. The SMILES string of the molecule is COc1cc(N)c(C(=O)NC2CCN(C)C2=O)cc1OC. The fourth-order valence-electron chi connectivity index (χ4n) is 2.28. The molecule has 21 heavy (non-hydrogen) atoms. The summed E-state index contributed by atoms with van der Waals surface area (Å²) in [4.78, 5) is 25.7. The number of benzene rings is 1. The van der Waals surface area contributed by atoms with Gasteiger partial charge in [0.05, 0.1) is 19.8 Å². The summed E-state index contributed by atoms with van der Waals surface area (Å²) in [6.07, 6.45) is 0.592. The smallest absolute Gasteiger partial charge is 0.254 e. The van der Waals surface area contributed by atoms with Gasteiger partial charge in [-0.3, -0.25) is 9.59 Å². The lowest BCUT2D eigenvalue weighted by Crippen LogP contribution is -2.40. The lowest BCUT2D eigenvalue weighted by atomic mass is 10.1. The van der Waals surface area contributed by atoms with E-state index in [4.69, 9.17) is 15.2 Å². The first-order valence-corrected chi connectivity index (χ1v) is 6.55. The summed E-state index contributed by atoms with van der Waals surface area (Å²) in [5.74, 6) is 0.361. The van der Waals surface area contributed by atoms with Crippen LogP contribution >= 0.6 is 0 Å². The Bertz CT molecular complexity index is 574. The molecule has 0 aromatic heterocycles. The number of rotatable bonds is 4. The average molecular weight is 293 g/mol. The number of hydrogen-bond donors (Lipinski definition) is 2. The van der Waals surface area contributed by atoms with Crippen molar-refractivity contribution in [3.05, 3.63) is 17.7 Å². The van der Waals surface area contributed by atoms with E-state index < -0.39 is 11.9 Å². The third-order valence-electron chi connectivity index (χ3n) is 3.53. The van der Waals surface area contributed by atoms with Gasteiger partial charge >= 0.3 is 0 Å². The van der Waals surface area contributed by atoms with Gasteiger partial charge in [-0.2, -0.15) is 0 Å². The topological polar surface area (TPSA) is 93.9 Å². The number of carbonyl (C=O) groups excluding carboxylic acids is 2. The van der Waals surface area contributed by atoms with Gasteiger partial charge in [0.25, 0.3) is 5.91 Å². The first-order chi connectivity index (χ1) is 9.97. The van der Waals surface area contributed by atoms with Crippen molar-refractivity contribution in [3.8, 4) is 11.5 Å². The molecule has 1 aliphatic heterocycles. The summed E-state index contributed by atoms with van der Waals surface area (Å²) in [6.45, 7) is 0.630. The van der Waals surface area contributed by atoms with Crippen molar-refractivity contribution in [1.82, 2.24) is 10.2 Å². The van der Waals surface area contributed by atoms with Crippen molar-refractivity contribution in [2.24, 2.45) is 0 Å². The number of methoxy groups -OCH3 is 2.